The molecule has 4 aliphatic carbocycles. The number of rotatable bonds is 7. The number of aromatic amines is 1. The van der Waals surface area contributed by atoms with Crippen LogP contribution in [0.1, 0.15) is 64.3 Å². The highest BCUT2D eigenvalue weighted by molar-refractivity contribution is 5.60. The fourth-order valence-corrected chi connectivity index (χ4v) is 6.67. The van der Waals surface area contributed by atoms with E-state index in [9.17, 15) is 9.90 Å². The highest BCUT2D eigenvalue weighted by Gasteiger charge is 2.60. The molecule has 5 atom stereocenters. The summed E-state index contributed by atoms with van der Waals surface area (Å²) in [5.41, 5.74) is 0.0227. The summed E-state index contributed by atoms with van der Waals surface area (Å²) in [6.07, 6.45) is 3.16. The van der Waals surface area contributed by atoms with E-state index in [1.54, 1.807) is 19.9 Å². The predicted molar refractivity (Wildman–Crippen MR) is 126 cm³/mol. The van der Waals surface area contributed by atoms with E-state index >= 15 is 4.39 Å². The topological polar surface area (TPSA) is 134 Å². The van der Waals surface area contributed by atoms with E-state index < -0.39 is 24.2 Å². The van der Waals surface area contributed by atoms with E-state index in [0.29, 0.717) is 11.7 Å². The number of aryl methyl sites for hydroxylation is 1. The predicted octanol–water partition coefficient (Wildman–Crippen LogP) is 4.19. The molecule has 4 fully saturated rings. The summed E-state index contributed by atoms with van der Waals surface area (Å²) in [5.74, 6) is 0.645. The minimum absolute atomic E-state index is 0.0462. The first-order valence-corrected chi connectivity index (χ1v) is 12.2. The minimum atomic E-state index is -0.897. The molecular weight excluding hydrogens is 455 g/mol. The molecule has 5 unspecified atom stereocenters. The first kappa shape index (κ1) is 23.8. The van der Waals surface area contributed by atoms with Crippen molar-refractivity contribution >= 4 is 23.7 Å². The number of nitrogens with zero attached hydrogens (tertiary/aromatic N) is 3. The van der Waals surface area contributed by atoms with Gasteiger partial charge in [0.05, 0.1) is 11.7 Å². The molecule has 2 aromatic heterocycles. The Labute approximate surface area is 203 Å². The first-order chi connectivity index (χ1) is 16.5. The van der Waals surface area contributed by atoms with Crippen molar-refractivity contribution in [1.29, 1.82) is 0 Å². The lowest BCUT2D eigenvalue weighted by Crippen LogP contribution is -2.63. The highest BCUT2D eigenvalue weighted by Crippen LogP contribution is 2.61. The molecule has 4 N–H and O–H groups in total. The zero-order valence-corrected chi connectivity index (χ0v) is 20.5. The van der Waals surface area contributed by atoms with Crippen LogP contribution in [0.15, 0.2) is 6.07 Å². The zero-order chi connectivity index (χ0) is 25.0. The number of aliphatic hydroxyl groups is 1. The van der Waals surface area contributed by atoms with Crippen molar-refractivity contribution in [2.75, 3.05) is 10.6 Å². The van der Waals surface area contributed by atoms with Gasteiger partial charge in [0.1, 0.15) is 12.3 Å². The van der Waals surface area contributed by atoms with E-state index in [-0.39, 0.29) is 40.9 Å². The number of hydrogen-bond acceptors (Lipinski definition) is 9. The van der Waals surface area contributed by atoms with Crippen molar-refractivity contribution in [2.24, 2.45) is 17.3 Å². The second kappa shape index (κ2) is 8.61. The third kappa shape index (κ3) is 4.78. The molecule has 4 saturated carbocycles. The van der Waals surface area contributed by atoms with E-state index in [4.69, 9.17) is 9.47 Å². The zero-order valence-electron chi connectivity index (χ0n) is 20.5. The van der Waals surface area contributed by atoms with E-state index in [0.717, 1.165) is 37.8 Å². The Morgan fingerprint density at radius 3 is 2.80 bits per heavy atom. The van der Waals surface area contributed by atoms with Crippen LogP contribution in [0.2, 0.25) is 0 Å². The second-order valence-electron chi connectivity index (χ2n) is 11.1. The third-order valence-electron chi connectivity index (χ3n) is 7.47. The number of carbonyl (C=O) groups excluding carboxylic acids is 1. The van der Waals surface area contributed by atoms with Crippen LogP contribution in [0.3, 0.4) is 0 Å². The molecule has 0 saturated heterocycles. The number of hydrogen-bond donors (Lipinski definition) is 4. The molecule has 4 aliphatic rings. The Kier molecular flexibility index (Phi) is 5.85. The second-order valence-corrected chi connectivity index (χ2v) is 11.1. The molecule has 10 nitrogen and oxygen atoms in total. The minimum Gasteiger partial charge on any atom is -0.432 e. The van der Waals surface area contributed by atoms with Crippen molar-refractivity contribution < 1.29 is 23.8 Å². The molecule has 11 heteroatoms. The van der Waals surface area contributed by atoms with Crippen LogP contribution in [-0.2, 0) is 16.1 Å². The number of H-pyrrole nitrogens is 1. The highest BCUT2D eigenvalue weighted by atomic mass is 19.1. The molecule has 6 rings (SSSR count). The monoisotopic (exact) mass is 488 g/mol. The van der Waals surface area contributed by atoms with E-state index in [1.165, 1.54) is 0 Å². The number of halogens is 1. The van der Waals surface area contributed by atoms with Crippen molar-refractivity contribution in [3.8, 4) is 0 Å². The van der Waals surface area contributed by atoms with Gasteiger partial charge in [-0.25, -0.2) is 14.2 Å². The summed E-state index contributed by atoms with van der Waals surface area (Å²) in [6, 6.07) is 1.77. The molecule has 2 aromatic rings. The molecule has 0 aliphatic heterocycles. The van der Waals surface area contributed by atoms with E-state index in [1.807, 2.05) is 6.92 Å². The van der Waals surface area contributed by atoms with Gasteiger partial charge in [0.2, 0.25) is 5.95 Å². The first-order valence-electron chi connectivity index (χ1n) is 12.2. The lowest BCUT2D eigenvalue weighted by Gasteiger charge is -2.63. The van der Waals surface area contributed by atoms with Crippen LogP contribution in [0.4, 0.5) is 26.8 Å². The summed E-state index contributed by atoms with van der Waals surface area (Å²) in [6.45, 7) is 7.03. The molecular formula is C24H33FN6O4. The average molecular weight is 489 g/mol. The normalized spacial score (nSPS) is 31.0. The maximum atomic E-state index is 15.3. The largest absolute Gasteiger partial charge is 0.508 e. The van der Waals surface area contributed by atoms with Crippen molar-refractivity contribution in [2.45, 2.75) is 84.2 Å². The van der Waals surface area contributed by atoms with Crippen LogP contribution >= 0.6 is 0 Å². The van der Waals surface area contributed by atoms with Crippen LogP contribution in [0, 0.1) is 30.0 Å². The number of ether oxygens (including phenoxy) is 2. The fourth-order valence-electron chi connectivity index (χ4n) is 6.67. The van der Waals surface area contributed by atoms with Crippen molar-refractivity contribution in [3.63, 3.8) is 0 Å². The van der Waals surface area contributed by atoms with Gasteiger partial charge in [-0.3, -0.25) is 5.10 Å². The Bertz CT molecular complexity index is 1130. The van der Waals surface area contributed by atoms with Crippen LogP contribution < -0.4 is 10.6 Å². The van der Waals surface area contributed by atoms with Gasteiger partial charge < -0.3 is 25.2 Å². The molecule has 190 valence electrons. The standard InChI is InChI=1S/C24H33FN6O4/c1-12(2)35-22(32)34-10-16-18(25)20(27-17-5-13(3)30-31-17)29-21(26-16)28-19-15-6-14-7-23(19,4)11-24(33,8-14)9-15/h5,12,14-15,19,33H,6-11H2,1-4H3,(H3,26,27,28,29,30,31). The Hall–Kier alpha value is -2.95. The Morgan fingerprint density at radius 1 is 1.34 bits per heavy atom. The number of carbonyl (C=O) groups is 1. The molecule has 0 radical (unpaired) electrons. The van der Waals surface area contributed by atoms with Gasteiger partial charge in [-0.2, -0.15) is 10.1 Å². The van der Waals surface area contributed by atoms with Crippen LogP contribution in [0.25, 0.3) is 0 Å². The van der Waals surface area contributed by atoms with Crippen LogP contribution in [-0.4, -0.2) is 49.2 Å². The quantitative estimate of drug-likeness (QED) is 0.423. The summed E-state index contributed by atoms with van der Waals surface area (Å²) in [4.78, 5) is 20.7. The van der Waals surface area contributed by atoms with Gasteiger partial charge in [-0.05, 0) is 70.1 Å². The summed E-state index contributed by atoms with van der Waals surface area (Å²) >= 11 is 0. The summed E-state index contributed by atoms with van der Waals surface area (Å²) in [5, 5.41) is 24.3. The van der Waals surface area contributed by atoms with Crippen molar-refractivity contribution in [3.05, 3.63) is 23.3 Å². The maximum absolute atomic E-state index is 15.3. The number of nitrogens with one attached hydrogen (secondary N) is 3. The van der Waals surface area contributed by atoms with Gasteiger partial charge in [0.15, 0.2) is 17.5 Å². The fraction of sp³-hybridized carbons (Fsp3) is 0.667. The summed E-state index contributed by atoms with van der Waals surface area (Å²) in [7, 11) is 0. The number of anilines is 3. The third-order valence-corrected chi connectivity index (χ3v) is 7.47. The molecule has 4 bridgehead atoms. The van der Waals surface area contributed by atoms with Gasteiger partial charge in [0.25, 0.3) is 0 Å². The number of aromatic nitrogens is 4. The molecule has 35 heavy (non-hydrogen) atoms. The molecule has 0 spiro atoms. The lowest BCUT2D eigenvalue weighted by atomic mass is 9.46. The SMILES string of the molecule is Cc1cc(Nc2nc(NC3C4CC5CC(O)(C4)CC3(C)C5)nc(COC(=O)OC(C)C)c2F)n[nH]1. The lowest BCUT2D eigenvalue weighted by molar-refractivity contribution is -0.163. The van der Waals surface area contributed by atoms with Crippen LogP contribution in [0.5, 0.6) is 0 Å². The summed E-state index contributed by atoms with van der Waals surface area (Å²) < 4.78 is 25.4. The average Bonchev–Trinajstić information content (AvgIpc) is 3.14. The van der Waals surface area contributed by atoms with Crippen molar-refractivity contribution in [1.82, 2.24) is 20.2 Å². The van der Waals surface area contributed by atoms with E-state index in [2.05, 4.69) is 37.7 Å². The Balaban J connectivity index is 1.42. The van der Waals surface area contributed by atoms with Gasteiger partial charge >= 0.3 is 6.16 Å². The van der Waals surface area contributed by atoms with Gasteiger partial charge in [0, 0.05) is 17.8 Å². The Morgan fingerprint density at radius 2 is 2.14 bits per heavy atom. The molecule has 0 aromatic carbocycles. The van der Waals surface area contributed by atoms with Gasteiger partial charge in [-0.1, -0.05) is 6.92 Å². The van der Waals surface area contributed by atoms with Gasteiger partial charge in [-0.15, -0.1) is 0 Å². The smallest absolute Gasteiger partial charge is 0.432 e. The molecule has 0 amide bonds. The maximum Gasteiger partial charge on any atom is 0.508 e. The molecule has 2 heterocycles.